The fourth-order valence-electron chi connectivity index (χ4n) is 3.40. The van der Waals surface area contributed by atoms with Crippen LogP contribution >= 0.6 is 0 Å². The van der Waals surface area contributed by atoms with E-state index in [0.717, 1.165) is 37.3 Å². The topological polar surface area (TPSA) is 44.4 Å². The van der Waals surface area contributed by atoms with Crippen molar-refractivity contribution in [2.75, 3.05) is 23.3 Å². The number of urea groups is 1. The Hall–Kier alpha value is -1.71. The van der Waals surface area contributed by atoms with Crippen molar-refractivity contribution in [2.45, 2.75) is 51.0 Å². The molecular weight excluding hydrogens is 262 g/mol. The predicted molar refractivity (Wildman–Crippen MR) is 86.9 cm³/mol. The van der Waals surface area contributed by atoms with Gasteiger partial charge < -0.3 is 15.5 Å². The van der Waals surface area contributed by atoms with Gasteiger partial charge in [0.15, 0.2) is 0 Å². The Morgan fingerprint density at radius 3 is 2.48 bits per heavy atom. The molecule has 0 atom stereocenters. The van der Waals surface area contributed by atoms with Crippen LogP contribution in [0.1, 0.15) is 44.9 Å². The molecule has 1 heterocycles. The van der Waals surface area contributed by atoms with Crippen molar-refractivity contribution >= 4 is 17.4 Å². The molecule has 2 amide bonds. The number of anilines is 2. The van der Waals surface area contributed by atoms with Gasteiger partial charge in [-0.3, -0.25) is 0 Å². The molecule has 2 fully saturated rings. The molecule has 0 spiro atoms. The fourth-order valence-corrected chi connectivity index (χ4v) is 3.40. The number of nitrogens with zero attached hydrogens (tertiary/aromatic N) is 1. The number of carbonyl (C=O) groups excluding carboxylic acids is 1. The third-order valence-electron chi connectivity index (χ3n) is 4.54. The first-order valence-electron chi connectivity index (χ1n) is 8.24. The Morgan fingerprint density at radius 1 is 1.00 bits per heavy atom. The fraction of sp³-hybridized carbons (Fsp3) is 0.588. The van der Waals surface area contributed by atoms with E-state index in [4.69, 9.17) is 0 Å². The molecule has 1 aliphatic carbocycles. The second-order valence-electron chi connectivity index (χ2n) is 6.14. The third kappa shape index (κ3) is 3.69. The van der Waals surface area contributed by atoms with Crippen molar-refractivity contribution in [1.82, 2.24) is 5.32 Å². The predicted octanol–water partition coefficient (Wildman–Crippen LogP) is 3.74. The lowest BCUT2D eigenvalue weighted by Crippen LogP contribution is -2.39. The summed E-state index contributed by atoms with van der Waals surface area (Å²) in [6.45, 7) is 2.17. The van der Waals surface area contributed by atoms with Crippen LogP contribution in [0.25, 0.3) is 0 Å². The van der Waals surface area contributed by atoms with E-state index in [9.17, 15) is 4.79 Å². The molecule has 0 radical (unpaired) electrons. The van der Waals surface area contributed by atoms with E-state index in [1.54, 1.807) is 0 Å². The highest BCUT2D eigenvalue weighted by atomic mass is 16.2. The number of carbonyl (C=O) groups is 1. The van der Waals surface area contributed by atoms with E-state index in [-0.39, 0.29) is 6.03 Å². The molecule has 1 saturated carbocycles. The second-order valence-corrected chi connectivity index (χ2v) is 6.14. The smallest absolute Gasteiger partial charge is 0.319 e. The van der Waals surface area contributed by atoms with Crippen molar-refractivity contribution in [3.8, 4) is 0 Å². The van der Waals surface area contributed by atoms with Crippen molar-refractivity contribution in [3.05, 3.63) is 24.3 Å². The van der Waals surface area contributed by atoms with Gasteiger partial charge >= 0.3 is 6.03 Å². The molecule has 1 aliphatic heterocycles. The summed E-state index contributed by atoms with van der Waals surface area (Å²) in [5, 5.41) is 6.16. The van der Waals surface area contributed by atoms with Crippen LogP contribution < -0.4 is 15.5 Å². The Kier molecular flexibility index (Phi) is 4.63. The second kappa shape index (κ2) is 6.83. The van der Waals surface area contributed by atoms with Crippen LogP contribution in [0.15, 0.2) is 24.3 Å². The quantitative estimate of drug-likeness (QED) is 0.889. The molecule has 4 nitrogen and oxygen atoms in total. The summed E-state index contributed by atoms with van der Waals surface area (Å²) in [6.07, 6.45) is 8.47. The van der Waals surface area contributed by atoms with Crippen LogP contribution in [0.3, 0.4) is 0 Å². The standard InChI is InChI=1S/C17H25N3O/c21-17(18-14-8-2-1-3-9-14)19-15-10-4-5-11-16(15)20-12-6-7-13-20/h4-5,10-11,14H,1-3,6-9,12-13H2,(H2,18,19,21). The molecule has 0 unspecified atom stereocenters. The molecule has 4 heteroatoms. The van der Waals surface area contributed by atoms with Crippen LogP contribution in [0, 0.1) is 0 Å². The average molecular weight is 287 g/mol. The first-order chi connectivity index (χ1) is 10.3. The normalized spacial score (nSPS) is 19.5. The summed E-state index contributed by atoms with van der Waals surface area (Å²) in [5.41, 5.74) is 2.07. The van der Waals surface area contributed by atoms with Gasteiger partial charge in [0.1, 0.15) is 0 Å². The van der Waals surface area contributed by atoms with Crippen molar-refractivity contribution in [1.29, 1.82) is 0 Å². The monoisotopic (exact) mass is 287 g/mol. The molecule has 1 aromatic rings. The summed E-state index contributed by atoms with van der Waals surface area (Å²) in [4.78, 5) is 14.6. The van der Waals surface area contributed by atoms with E-state index < -0.39 is 0 Å². The first kappa shape index (κ1) is 14.2. The highest BCUT2D eigenvalue weighted by Gasteiger charge is 2.18. The molecule has 0 bridgehead atoms. The molecule has 2 aliphatic rings. The Bertz CT molecular complexity index is 477. The number of rotatable bonds is 3. The first-order valence-corrected chi connectivity index (χ1v) is 8.24. The molecule has 3 rings (SSSR count). The number of hydrogen-bond acceptors (Lipinski definition) is 2. The number of para-hydroxylation sites is 2. The minimum Gasteiger partial charge on any atom is -0.370 e. The van der Waals surface area contributed by atoms with Crippen LogP contribution in [-0.2, 0) is 0 Å². The van der Waals surface area contributed by atoms with Gasteiger partial charge in [-0.1, -0.05) is 31.4 Å². The minimum atomic E-state index is -0.0615. The Labute approximate surface area is 126 Å². The Balaban J connectivity index is 1.62. The van der Waals surface area contributed by atoms with Gasteiger partial charge in [-0.25, -0.2) is 4.79 Å². The van der Waals surface area contributed by atoms with Gasteiger partial charge in [-0.15, -0.1) is 0 Å². The number of hydrogen-bond donors (Lipinski definition) is 2. The van der Waals surface area contributed by atoms with E-state index in [0.29, 0.717) is 6.04 Å². The summed E-state index contributed by atoms with van der Waals surface area (Å²) < 4.78 is 0. The maximum Gasteiger partial charge on any atom is 0.319 e. The van der Waals surface area contributed by atoms with Gasteiger partial charge in [0.25, 0.3) is 0 Å². The van der Waals surface area contributed by atoms with Crippen LogP contribution in [0.2, 0.25) is 0 Å². The van der Waals surface area contributed by atoms with Crippen molar-refractivity contribution in [2.24, 2.45) is 0 Å². The Morgan fingerprint density at radius 2 is 1.71 bits per heavy atom. The van der Waals surface area contributed by atoms with Crippen LogP contribution in [-0.4, -0.2) is 25.2 Å². The van der Waals surface area contributed by atoms with Crippen LogP contribution in [0.4, 0.5) is 16.2 Å². The zero-order chi connectivity index (χ0) is 14.5. The van der Waals surface area contributed by atoms with E-state index in [2.05, 4.69) is 21.6 Å². The molecule has 2 N–H and O–H groups in total. The number of nitrogens with one attached hydrogen (secondary N) is 2. The molecule has 21 heavy (non-hydrogen) atoms. The molecule has 1 aromatic carbocycles. The average Bonchev–Trinajstić information content (AvgIpc) is 3.03. The largest absolute Gasteiger partial charge is 0.370 e. The maximum atomic E-state index is 12.2. The summed E-state index contributed by atoms with van der Waals surface area (Å²) in [6, 6.07) is 8.40. The van der Waals surface area contributed by atoms with E-state index >= 15 is 0 Å². The van der Waals surface area contributed by atoms with Crippen molar-refractivity contribution in [3.63, 3.8) is 0 Å². The summed E-state index contributed by atoms with van der Waals surface area (Å²) >= 11 is 0. The molecule has 0 aromatic heterocycles. The molecular formula is C17H25N3O. The summed E-state index contributed by atoms with van der Waals surface area (Å²) in [7, 11) is 0. The SMILES string of the molecule is O=C(Nc1ccccc1N1CCCC1)NC1CCCCC1. The zero-order valence-electron chi connectivity index (χ0n) is 12.6. The highest BCUT2D eigenvalue weighted by molar-refractivity contribution is 5.93. The highest BCUT2D eigenvalue weighted by Crippen LogP contribution is 2.28. The van der Waals surface area contributed by atoms with Crippen molar-refractivity contribution < 1.29 is 4.79 Å². The third-order valence-corrected chi connectivity index (χ3v) is 4.54. The maximum absolute atomic E-state index is 12.2. The number of benzene rings is 1. The lowest BCUT2D eigenvalue weighted by Gasteiger charge is -2.24. The van der Waals surface area contributed by atoms with Gasteiger partial charge in [0, 0.05) is 19.1 Å². The summed E-state index contributed by atoms with van der Waals surface area (Å²) in [5.74, 6) is 0. The number of amides is 2. The van der Waals surface area contributed by atoms with E-state index in [1.807, 2.05) is 18.2 Å². The van der Waals surface area contributed by atoms with Crippen LogP contribution in [0.5, 0.6) is 0 Å². The lowest BCUT2D eigenvalue weighted by atomic mass is 9.96. The molecule has 114 valence electrons. The van der Waals surface area contributed by atoms with Gasteiger partial charge in [0.2, 0.25) is 0 Å². The zero-order valence-corrected chi connectivity index (χ0v) is 12.6. The molecule has 1 saturated heterocycles. The minimum absolute atomic E-state index is 0.0615. The lowest BCUT2D eigenvalue weighted by molar-refractivity contribution is 0.244. The van der Waals surface area contributed by atoms with E-state index in [1.165, 1.54) is 32.1 Å². The van der Waals surface area contributed by atoms with Gasteiger partial charge in [-0.05, 0) is 37.8 Å². The van der Waals surface area contributed by atoms with Gasteiger partial charge in [-0.2, -0.15) is 0 Å². The van der Waals surface area contributed by atoms with Gasteiger partial charge in [0.05, 0.1) is 11.4 Å².